The van der Waals surface area contributed by atoms with E-state index in [4.69, 9.17) is 10.1 Å². The number of rotatable bonds is 5. The summed E-state index contributed by atoms with van der Waals surface area (Å²) in [4.78, 5) is 11.2. The highest BCUT2D eigenvalue weighted by Gasteiger charge is 2.19. The molecule has 0 aromatic carbocycles. The summed E-state index contributed by atoms with van der Waals surface area (Å²) >= 11 is 0. The van der Waals surface area contributed by atoms with Crippen molar-refractivity contribution in [1.82, 2.24) is 14.5 Å². The highest BCUT2D eigenvalue weighted by Crippen LogP contribution is 2.25. The highest BCUT2D eigenvalue weighted by molar-refractivity contribution is 5.43. The average Bonchev–Trinajstić information content (AvgIpc) is 3.08. The van der Waals surface area contributed by atoms with Crippen LogP contribution in [0.5, 0.6) is 0 Å². The molecule has 1 aliphatic rings. The summed E-state index contributed by atoms with van der Waals surface area (Å²) in [5, 5.41) is 8.92. The molecule has 0 atom stereocenters. The largest absolute Gasteiger partial charge is 0.396 e. The maximum Gasteiger partial charge on any atom is 0.140 e. The van der Waals surface area contributed by atoms with Gasteiger partial charge in [0.05, 0.1) is 0 Å². The number of nitrogens with zero attached hydrogens (tertiary/aromatic N) is 4. The Hall–Kier alpha value is -1.88. The minimum absolute atomic E-state index is 0.314. The number of hydrogen-bond acceptors (Lipinski definition) is 4. The van der Waals surface area contributed by atoms with Gasteiger partial charge < -0.3 is 10.0 Å². The van der Waals surface area contributed by atoms with Gasteiger partial charge in [-0.3, -0.25) is 4.57 Å². The van der Waals surface area contributed by atoms with Gasteiger partial charge in [0.2, 0.25) is 0 Å². The van der Waals surface area contributed by atoms with E-state index in [1.165, 1.54) is 12.8 Å². The van der Waals surface area contributed by atoms with E-state index in [1.807, 2.05) is 16.8 Å². The normalized spacial score (nSPS) is 16.3. The van der Waals surface area contributed by atoms with Crippen molar-refractivity contribution in [3.63, 3.8) is 0 Å². The van der Waals surface area contributed by atoms with E-state index in [9.17, 15) is 0 Å². The lowest BCUT2D eigenvalue weighted by molar-refractivity contribution is 0.261. The van der Waals surface area contributed by atoms with E-state index in [-0.39, 0.29) is 0 Å². The second-order valence-electron chi connectivity index (χ2n) is 5.62. The predicted octanol–water partition coefficient (Wildman–Crippen LogP) is 2.26. The Labute approximate surface area is 125 Å². The minimum atomic E-state index is 0.314. The number of aliphatic hydroxyl groups excluding tert-OH is 1. The quantitative estimate of drug-likeness (QED) is 0.916. The SMILES string of the molecule is OCCCC1CCN(c2cccc(-n3ccnc3)n2)CC1. The third-order valence-electron chi connectivity index (χ3n) is 4.20. The summed E-state index contributed by atoms with van der Waals surface area (Å²) in [5.41, 5.74) is 0. The molecule has 5 nitrogen and oxygen atoms in total. The Bertz CT molecular complexity index is 547. The Morgan fingerprint density at radius 1 is 1.19 bits per heavy atom. The first-order chi connectivity index (χ1) is 10.4. The van der Waals surface area contributed by atoms with Crippen LogP contribution in [0.2, 0.25) is 0 Å². The van der Waals surface area contributed by atoms with E-state index in [2.05, 4.69) is 22.0 Å². The summed E-state index contributed by atoms with van der Waals surface area (Å²) in [6, 6.07) is 6.13. The Morgan fingerprint density at radius 3 is 2.71 bits per heavy atom. The number of pyridine rings is 1. The number of imidazole rings is 1. The number of piperidine rings is 1. The van der Waals surface area contributed by atoms with Crippen molar-refractivity contribution in [3.05, 3.63) is 36.9 Å². The van der Waals surface area contributed by atoms with Crippen LogP contribution in [-0.2, 0) is 0 Å². The van der Waals surface area contributed by atoms with Gasteiger partial charge in [-0.05, 0) is 43.7 Å². The lowest BCUT2D eigenvalue weighted by atomic mass is 9.92. The summed E-state index contributed by atoms with van der Waals surface area (Å²) in [6.45, 7) is 2.42. The zero-order valence-corrected chi connectivity index (χ0v) is 12.2. The van der Waals surface area contributed by atoms with Crippen molar-refractivity contribution in [2.24, 2.45) is 5.92 Å². The van der Waals surface area contributed by atoms with Crippen molar-refractivity contribution in [2.75, 3.05) is 24.6 Å². The molecule has 1 saturated heterocycles. The van der Waals surface area contributed by atoms with Crippen LogP contribution >= 0.6 is 0 Å². The van der Waals surface area contributed by atoms with Crippen LogP contribution in [0.1, 0.15) is 25.7 Å². The van der Waals surface area contributed by atoms with E-state index in [1.54, 1.807) is 12.5 Å². The van der Waals surface area contributed by atoms with Gasteiger partial charge in [-0.15, -0.1) is 0 Å². The first kappa shape index (κ1) is 14.1. The molecule has 0 bridgehead atoms. The molecule has 1 aliphatic heterocycles. The van der Waals surface area contributed by atoms with Gasteiger partial charge in [0, 0.05) is 32.1 Å². The second-order valence-corrected chi connectivity index (χ2v) is 5.62. The fraction of sp³-hybridized carbons (Fsp3) is 0.500. The molecule has 3 heterocycles. The summed E-state index contributed by atoms with van der Waals surface area (Å²) in [7, 11) is 0. The molecule has 3 rings (SSSR count). The Kier molecular flexibility index (Phi) is 4.50. The van der Waals surface area contributed by atoms with E-state index in [0.717, 1.165) is 43.5 Å². The van der Waals surface area contributed by atoms with Crippen molar-refractivity contribution >= 4 is 5.82 Å². The molecule has 2 aromatic rings. The fourth-order valence-corrected chi connectivity index (χ4v) is 2.96. The number of aromatic nitrogens is 3. The molecule has 0 spiro atoms. The molecule has 0 aliphatic carbocycles. The molecular weight excluding hydrogens is 264 g/mol. The van der Waals surface area contributed by atoms with Gasteiger partial charge in [-0.1, -0.05) is 6.07 Å². The molecule has 112 valence electrons. The van der Waals surface area contributed by atoms with Crippen molar-refractivity contribution in [1.29, 1.82) is 0 Å². The van der Waals surface area contributed by atoms with Gasteiger partial charge in [0.15, 0.2) is 0 Å². The lowest BCUT2D eigenvalue weighted by Crippen LogP contribution is -2.34. The molecule has 5 heteroatoms. The predicted molar refractivity (Wildman–Crippen MR) is 82.6 cm³/mol. The van der Waals surface area contributed by atoms with E-state index >= 15 is 0 Å². The van der Waals surface area contributed by atoms with Crippen LogP contribution in [0.15, 0.2) is 36.9 Å². The molecule has 0 radical (unpaired) electrons. The zero-order valence-electron chi connectivity index (χ0n) is 12.2. The van der Waals surface area contributed by atoms with Gasteiger partial charge in [-0.2, -0.15) is 0 Å². The van der Waals surface area contributed by atoms with Crippen LogP contribution in [0, 0.1) is 5.92 Å². The first-order valence-electron chi connectivity index (χ1n) is 7.68. The molecule has 0 saturated carbocycles. The standard InChI is InChI=1S/C16H22N4O/c21-12-2-3-14-6-9-19(10-7-14)15-4-1-5-16(18-15)20-11-8-17-13-20/h1,4-5,8,11,13-14,21H,2-3,6-7,9-10,12H2. The van der Waals surface area contributed by atoms with Gasteiger partial charge >= 0.3 is 0 Å². The number of hydrogen-bond donors (Lipinski definition) is 1. The summed E-state index contributed by atoms with van der Waals surface area (Å²) in [5.74, 6) is 2.71. The molecule has 0 amide bonds. The number of aliphatic hydroxyl groups is 1. The van der Waals surface area contributed by atoms with E-state index < -0.39 is 0 Å². The average molecular weight is 286 g/mol. The smallest absolute Gasteiger partial charge is 0.140 e. The second kappa shape index (κ2) is 6.72. The Balaban J connectivity index is 1.64. The number of anilines is 1. The fourth-order valence-electron chi connectivity index (χ4n) is 2.96. The van der Waals surface area contributed by atoms with Gasteiger partial charge in [-0.25, -0.2) is 9.97 Å². The van der Waals surface area contributed by atoms with Crippen molar-refractivity contribution in [3.8, 4) is 5.82 Å². The zero-order chi connectivity index (χ0) is 14.5. The summed E-state index contributed by atoms with van der Waals surface area (Å²) in [6.07, 6.45) is 9.90. The van der Waals surface area contributed by atoms with Crippen LogP contribution < -0.4 is 4.90 Å². The molecule has 1 N–H and O–H groups in total. The third-order valence-corrected chi connectivity index (χ3v) is 4.20. The maximum absolute atomic E-state index is 8.92. The van der Waals surface area contributed by atoms with Crippen LogP contribution in [0.25, 0.3) is 5.82 Å². The minimum Gasteiger partial charge on any atom is -0.396 e. The molecule has 1 fully saturated rings. The summed E-state index contributed by atoms with van der Waals surface area (Å²) < 4.78 is 1.93. The highest BCUT2D eigenvalue weighted by atomic mass is 16.2. The van der Waals surface area contributed by atoms with E-state index in [0.29, 0.717) is 6.61 Å². The first-order valence-corrected chi connectivity index (χ1v) is 7.68. The van der Waals surface area contributed by atoms with Crippen LogP contribution in [-0.4, -0.2) is 39.3 Å². The monoisotopic (exact) mass is 286 g/mol. The maximum atomic E-state index is 8.92. The molecular formula is C16H22N4O. The van der Waals surface area contributed by atoms with Crippen molar-refractivity contribution < 1.29 is 5.11 Å². The Morgan fingerprint density at radius 2 is 2.00 bits per heavy atom. The van der Waals surface area contributed by atoms with Crippen molar-refractivity contribution in [2.45, 2.75) is 25.7 Å². The topological polar surface area (TPSA) is 54.2 Å². The molecule has 0 unspecified atom stereocenters. The molecule has 2 aromatic heterocycles. The third kappa shape index (κ3) is 3.42. The molecule has 21 heavy (non-hydrogen) atoms. The van der Waals surface area contributed by atoms with Crippen LogP contribution in [0.3, 0.4) is 0 Å². The lowest BCUT2D eigenvalue weighted by Gasteiger charge is -2.33. The van der Waals surface area contributed by atoms with Gasteiger partial charge in [0.1, 0.15) is 18.0 Å². The van der Waals surface area contributed by atoms with Crippen LogP contribution in [0.4, 0.5) is 5.82 Å². The van der Waals surface area contributed by atoms with Gasteiger partial charge in [0.25, 0.3) is 0 Å².